The lowest BCUT2D eigenvalue weighted by atomic mass is 10.0. The average Bonchev–Trinajstić information content (AvgIpc) is 2.67. The van der Waals surface area contributed by atoms with Crippen LogP contribution in [0.25, 0.3) is 22.2 Å². The number of piperidine rings is 1. The summed E-state index contributed by atoms with van der Waals surface area (Å²) < 4.78 is 14.4. The Morgan fingerprint density at radius 1 is 1.30 bits per heavy atom. The minimum absolute atomic E-state index is 0.0460. The molecule has 1 saturated heterocycles. The second-order valence-corrected chi connectivity index (χ2v) is 7.20. The number of likely N-dealkylation sites (tertiary alicyclic amines) is 1. The van der Waals surface area contributed by atoms with Crippen LogP contribution in [0.3, 0.4) is 0 Å². The van der Waals surface area contributed by atoms with Crippen LogP contribution in [0.4, 0.5) is 10.2 Å². The first kappa shape index (κ1) is 17.9. The van der Waals surface area contributed by atoms with Crippen molar-refractivity contribution in [3.8, 4) is 17.0 Å². The van der Waals surface area contributed by atoms with E-state index < -0.39 is 5.82 Å². The van der Waals surface area contributed by atoms with E-state index in [9.17, 15) is 9.50 Å². The summed E-state index contributed by atoms with van der Waals surface area (Å²) >= 11 is 5.96. The fraction of sp³-hybridized carbons (Fsp3) is 0.316. The van der Waals surface area contributed by atoms with Crippen LogP contribution in [-0.2, 0) is 0 Å². The van der Waals surface area contributed by atoms with Gasteiger partial charge in [0.15, 0.2) is 5.82 Å². The molecule has 0 saturated carbocycles. The van der Waals surface area contributed by atoms with Crippen LogP contribution in [0.1, 0.15) is 12.8 Å². The molecule has 0 radical (unpaired) electrons. The van der Waals surface area contributed by atoms with Gasteiger partial charge in [-0.25, -0.2) is 4.39 Å². The summed E-state index contributed by atoms with van der Waals surface area (Å²) in [6.07, 6.45) is 3.75. The van der Waals surface area contributed by atoms with E-state index >= 15 is 0 Å². The van der Waals surface area contributed by atoms with Gasteiger partial charge in [0.1, 0.15) is 22.8 Å². The first-order valence-corrected chi connectivity index (χ1v) is 9.16. The number of hydrogen-bond acceptors (Lipinski definition) is 6. The van der Waals surface area contributed by atoms with Gasteiger partial charge >= 0.3 is 0 Å². The molecule has 3 aromatic rings. The summed E-state index contributed by atoms with van der Waals surface area (Å²) in [5.74, 6) is -0.399. The van der Waals surface area contributed by atoms with Gasteiger partial charge < -0.3 is 15.3 Å². The summed E-state index contributed by atoms with van der Waals surface area (Å²) in [6.45, 7) is 1.99. The molecule has 2 aromatic heterocycles. The number of hydrogen-bond donors (Lipinski definition) is 2. The van der Waals surface area contributed by atoms with Crippen LogP contribution >= 0.6 is 11.6 Å². The molecular formula is C19H19ClFN5O. The smallest absolute Gasteiger partial charge is 0.158 e. The quantitative estimate of drug-likeness (QED) is 0.713. The number of aromatic nitrogens is 3. The normalized spacial score (nSPS) is 18.0. The Hall–Kier alpha value is -2.51. The van der Waals surface area contributed by atoms with Crippen LogP contribution in [0.5, 0.6) is 5.75 Å². The average molecular weight is 388 g/mol. The van der Waals surface area contributed by atoms with Gasteiger partial charge in [0, 0.05) is 24.2 Å². The number of aromatic hydroxyl groups is 1. The lowest BCUT2D eigenvalue weighted by Crippen LogP contribution is -2.40. The first-order chi connectivity index (χ1) is 13.0. The minimum Gasteiger partial charge on any atom is -0.506 e. The number of rotatable bonds is 3. The van der Waals surface area contributed by atoms with Crippen LogP contribution < -0.4 is 5.32 Å². The molecule has 2 N–H and O–H groups in total. The highest BCUT2D eigenvalue weighted by Crippen LogP contribution is 2.39. The number of nitrogens with zero attached hydrogens (tertiary/aromatic N) is 4. The van der Waals surface area contributed by atoms with Gasteiger partial charge in [-0.05, 0) is 50.7 Å². The molecule has 4 rings (SSSR count). The Balaban J connectivity index is 1.81. The minimum atomic E-state index is -0.632. The van der Waals surface area contributed by atoms with Crippen LogP contribution in [-0.4, -0.2) is 51.4 Å². The molecule has 1 aliphatic rings. The van der Waals surface area contributed by atoms with Crippen LogP contribution in [0.15, 0.2) is 30.5 Å². The molecule has 0 spiro atoms. The number of pyridine rings is 1. The van der Waals surface area contributed by atoms with E-state index in [0.29, 0.717) is 11.3 Å². The SMILES string of the molecule is CN1CCC[C@@H](Nc2nnc(-c3c(F)ccc(Cl)c3O)c3ncccc23)C1. The Kier molecular flexibility index (Phi) is 4.80. The predicted octanol–water partition coefficient (Wildman–Crippen LogP) is 3.70. The van der Waals surface area contributed by atoms with Crippen molar-refractivity contribution in [2.45, 2.75) is 18.9 Å². The molecule has 0 bridgehead atoms. The second kappa shape index (κ2) is 7.25. The number of anilines is 1. The Labute approximate surface area is 161 Å². The third-order valence-corrected chi connectivity index (χ3v) is 5.12. The molecule has 0 unspecified atom stereocenters. The van der Waals surface area contributed by atoms with Gasteiger partial charge in [0.2, 0.25) is 0 Å². The summed E-state index contributed by atoms with van der Waals surface area (Å²) in [5.41, 5.74) is 0.521. The zero-order chi connectivity index (χ0) is 19.0. The summed E-state index contributed by atoms with van der Waals surface area (Å²) in [7, 11) is 2.09. The number of phenols is 1. The van der Waals surface area contributed by atoms with Crippen molar-refractivity contribution in [3.05, 3.63) is 41.3 Å². The van der Waals surface area contributed by atoms with Crippen molar-refractivity contribution in [1.82, 2.24) is 20.1 Å². The van der Waals surface area contributed by atoms with Crippen molar-refractivity contribution < 1.29 is 9.50 Å². The van der Waals surface area contributed by atoms with E-state index in [0.717, 1.165) is 31.3 Å². The molecule has 1 aromatic carbocycles. The maximum Gasteiger partial charge on any atom is 0.158 e. The predicted molar refractivity (Wildman–Crippen MR) is 104 cm³/mol. The fourth-order valence-electron chi connectivity index (χ4n) is 3.51. The van der Waals surface area contributed by atoms with Crippen molar-refractivity contribution in [2.75, 3.05) is 25.5 Å². The van der Waals surface area contributed by atoms with E-state index in [4.69, 9.17) is 11.6 Å². The van der Waals surface area contributed by atoms with Gasteiger partial charge in [0.25, 0.3) is 0 Å². The van der Waals surface area contributed by atoms with E-state index in [1.807, 2.05) is 6.07 Å². The van der Waals surface area contributed by atoms with Crippen molar-refractivity contribution in [2.24, 2.45) is 0 Å². The molecular weight excluding hydrogens is 369 g/mol. The highest BCUT2D eigenvalue weighted by Gasteiger charge is 2.22. The number of nitrogens with one attached hydrogen (secondary N) is 1. The van der Waals surface area contributed by atoms with Gasteiger partial charge in [-0.15, -0.1) is 10.2 Å². The summed E-state index contributed by atoms with van der Waals surface area (Å²) in [6, 6.07) is 6.39. The van der Waals surface area contributed by atoms with Gasteiger partial charge in [-0.1, -0.05) is 11.6 Å². The molecule has 0 amide bonds. The fourth-order valence-corrected chi connectivity index (χ4v) is 3.66. The maximum absolute atomic E-state index is 14.4. The molecule has 6 nitrogen and oxygen atoms in total. The zero-order valence-electron chi connectivity index (χ0n) is 14.8. The number of fused-ring (bicyclic) bond motifs is 1. The molecule has 1 atom stereocenters. The largest absolute Gasteiger partial charge is 0.506 e. The first-order valence-electron chi connectivity index (χ1n) is 8.78. The molecule has 27 heavy (non-hydrogen) atoms. The monoisotopic (exact) mass is 387 g/mol. The molecule has 1 aliphatic heterocycles. The molecule has 8 heteroatoms. The third-order valence-electron chi connectivity index (χ3n) is 4.82. The van der Waals surface area contributed by atoms with Crippen molar-refractivity contribution in [3.63, 3.8) is 0 Å². The number of halogens is 2. The van der Waals surface area contributed by atoms with Crippen molar-refractivity contribution in [1.29, 1.82) is 0 Å². The second-order valence-electron chi connectivity index (χ2n) is 6.80. The topological polar surface area (TPSA) is 74.2 Å². The Morgan fingerprint density at radius 2 is 2.15 bits per heavy atom. The lowest BCUT2D eigenvalue weighted by molar-refractivity contribution is 0.261. The van der Waals surface area contributed by atoms with E-state index in [-0.39, 0.29) is 28.1 Å². The lowest BCUT2D eigenvalue weighted by Gasteiger charge is -2.30. The van der Waals surface area contributed by atoms with Crippen LogP contribution in [0.2, 0.25) is 5.02 Å². The molecule has 3 heterocycles. The molecule has 0 aliphatic carbocycles. The Morgan fingerprint density at radius 3 is 2.96 bits per heavy atom. The zero-order valence-corrected chi connectivity index (χ0v) is 15.5. The summed E-state index contributed by atoms with van der Waals surface area (Å²) in [4.78, 5) is 6.63. The van der Waals surface area contributed by atoms with Gasteiger partial charge in [0.05, 0.1) is 10.6 Å². The molecule has 1 fully saturated rings. The number of benzene rings is 1. The number of likely N-dealkylation sites (N-methyl/N-ethyl adjacent to an activating group) is 1. The number of phenolic OH excluding ortho intramolecular Hbond substituents is 1. The third kappa shape index (κ3) is 3.40. The van der Waals surface area contributed by atoms with Crippen molar-refractivity contribution >= 4 is 28.3 Å². The van der Waals surface area contributed by atoms with E-state index in [1.54, 1.807) is 12.3 Å². The Bertz CT molecular complexity index is 999. The van der Waals surface area contributed by atoms with E-state index in [2.05, 4.69) is 32.4 Å². The maximum atomic E-state index is 14.4. The van der Waals surface area contributed by atoms with E-state index in [1.165, 1.54) is 12.1 Å². The molecule has 140 valence electrons. The van der Waals surface area contributed by atoms with Crippen LogP contribution in [0, 0.1) is 5.82 Å². The standard InChI is InChI=1S/C19H19ClFN5O/c1-26-9-3-4-11(10-26)23-19-12-5-2-8-22-16(12)17(24-25-19)15-14(21)7-6-13(20)18(15)27/h2,5-8,11,27H,3-4,9-10H2,1H3,(H,23,25)/t11-/m1/s1. The summed E-state index contributed by atoms with van der Waals surface area (Å²) in [5, 5.41) is 22.9. The van der Waals surface area contributed by atoms with Gasteiger partial charge in [-0.3, -0.25) is 4.98 Å². The highest BCUT2D eigenvalue weighted by molar-refractivity contribution is 6.32. The highest BCUT2D eigenvalue weighted by atomic mass is 35.5. The van der Waals surface area contributed by atoms with Gasteiger partial charge in [-0.2, -0.15) is 0 Å².